The summed E-state index contributed by atoms with van der Waals surface area (Å²) in [6.07, 6.45) is 1.44. The van der Waals surface area contributed by atoms with Crippen LogP contribution in [0.25, 0.3) is 0 Å². The van der Waals surface area contributed by atoms with Gasteiger partial charge in [0.2, 0.25) is 0 Å². The molecule has 0 radical (unpaired) electrons. The Hall–Kier alpha value is -1.50. The van der Waals surface area contributed by atoms with Crippen molar-refractivity contribution in [3.05, 3.63) is 40.7 Å². The number of hydrogen-bond acceptors (Lipinski definition) is 6. The van der Waals surface area contributed by atoms with E-state index in [2.05, 4.69) is 9.36 Å². The molecule has 2 aromatic rings. The van der Waals surface area contributed by atoms with Crippen molar-refractivity contribution in [3.8, 4) is 5.75 Å². The van der Waals surface area contributed by atoms with Crippen LogP contribution in [0.3, 0.4) is 0 Å². The van der Waals surface area contributed by atoms with Gasteiger partial charge in [-0.3, -0.25) is 0 Å². The Labute approximate surface area is 116 Å². The normalized spacial score (nSPS) is 12.4. The predicted molar refractivity (Wildman–Crippen MR) is 76.3 cm³/mol. The maximum atomic E-state index is 5.96. The first-order chi connectivity index (χ1) is 9.22. The van der Waals surface area contributed by atoms with Gasteiger partial charge in [-0.05, 0) is 42.2 Å². The van der Waals surface area contributed by atoms with Gasteiger partial charge in [-0.2, -0.15) is 4.37 Å². The average molecular weight is 278 g/mol. The van der Waals surface area contributed by atoms with Gasteiger partial charge in [0.05, 0.1) is 13.2 Å². The van der Waals surface area contributed by atoms with E-state index in [1.807, 2.05) is 24.3 Å². The highest BCUT2D eigenvalue weighted by Gasteiger charge is 2.11. The molecule has 4 N–H and O–H groups in total. The lowest BCUT2D eigenvalue weighted by Crippen LogP contribution is -2.15. The van der Waals surface area contributed by atoms with Crippen LogP contribution in [0, 0.1) is 0 Å². The zero-order chi connectivity index (χ0) is 13.7. The van der Waals surface area contributed by atoms with E-state index in [-0.39, 0.29) is 6.04 Å². The minimum absolute atomic E-state index is 0.105. The fraction of sp³-hybridized carbons (Fsp3) is 0.385. The van der Waals surface area contributed by atoms with E-state index in [1.165, 1.54) is 11.5 Å². The molecule has 0 saturated heterocycles. The van der Waals surface area contributed by atoms with Gasteiger partial charge in [0, 0.05) is 6.42 Å². The number of ether oxygens (including phenoxy) is 1. The predicted octanol–water partition coefficient (Wildman–Crippen LogP) is 1.49. The number of aromatic nitrogens is 2. The van der Waals surface area contributed by atoms with E-state index in [0.29, 0.717) is 13.0 Å². The van der Waals surface area contributed by atoms with Crippen LogP contribution in [0.1, 0.15) is 28.9 Å². The zero-order valence-corrected chi connectivity index (χ0v) is 11.7. The van der Waals surface area contributed by atoms with E-state index in [0.717, 1.165) is 28.6 Å². The van der Waals surface area contributed by atoms with Crippen molar-refractivity contribution in [1.82, 2.24) is 9.36 Å². The summed E-state index contributed by atoms with van der Waals surface area (Å²) in [6.45, 7) is 0.564. The van der Waals surface area contributed by atoms with Crippen molar-refractivity contribution in [2.75, 3.05) is 13.7 Å². The van der Waals surface area contributed by atoms with Gasteiger partial charge in [0.15, 0.2) is 0 Å². The van der Waals surface area contributed by atoms with Crippen LogP contribution >= 0.6 is 11.5 Å². The van der Waals surface area contributed by atoms with Crippen LogP contribution in [-0.4, -0.2) is 23.0 Å². The van der Waals surface area contributed by atoms with Crippen LogP contribution in [0.15, 0.2) is 24.3 Å². The molecule has 6 heteroatoms. The van der Waals surface area contributed by atoms with E-state index >= 15 is 0 Å². The van der Waals surface area contributed by atoms with Gasteiger partial charge in [0.25, 0.3) is 0 Å². The lowest BCUT2D eigenvalue weighted by Gasteiger charge is -2.04. The summed E-state index contributed by atoms with van der Waals surface area (Å²) in [5.74, 6) is 1.65. The van der Waals surface area contributed by atoms with Gasteiger partial charge in [-0.25, -0.2) is 4.98 Å². The fourth-order valence-electron chi connectivity index (χ4n) is 1.72. The molecule has 19 heavy (non-hydrogen) atoms. The first-order valence-corrected chi connectivity index (χ1v) is 6.91. The molecule has 0 spiro atoms. The molecule has 0 aliphatic carbocycles. The highest BCUT2D eigenvalue weighted by molar-refractivity contribution is 7.05. The summed E-state index contributed by atoms with van der Waals surface area (Å²) in [4.78, 5) is 4.46. The molecule has 1 unspecified atom stereocenters. The number of hydrogen-bond donors (Lipinski definition) is 2. The van der Waals surface area contributed by atoms with E-state index in [4.69, 9.17) is 16.2 Å². The Morgan fingerprint density at radius 2 is 2.05 bits per heavy atom. The number of rotatable bonds is 6. The van der Waals surface area contributed by atoms with E-state index in [9.17, 15) is 0 Å². The average Bonchev–Trinajstić information content (AvgIpc) is 2.88. The standard InChI is InChI=1S/C13H18N4OS/c1-18-10-4-2-9(3-5-10)8-12-16-13(19-17-12)11(15)6-7-14/h2-5,11H,6-8,14-15H2,1H3. The lowest BCUT2D eigenvalue weighted by atomic mass is 10.1. The molecule has 0 bridgehead atoms. The summed E-state index contributed by atoms with van der Waals surface area (Å²) >= 11 is 1.36. The molecule has 5 nitrogen and oxygen atoms in total. The minimum Gasteiger partial charge on any atom is -0.497 e. The molecule has 0 aliphatic heterocycles. The first kappa shape index (κ1) is 13.9. The zero-order valence-electron chi connectivity index (χ0n) is 10.9. The molecule has 0 amide bonds. The molecule has 0 saturated carbocycles. The molecule has 1 atom stereocenters. The summed E-state index contributed by atoms with van der Waals surface area (Å²) in [6, 6.07) is 7.79. The molecule has 1 aromatic carbocycles. The molecular formula is C13H18N4OS. The Bertz CT molecular complexity index is 512. The van der Waals surface area contributed by atoms with Crippen LogP contribution < -0.4 is 16.2 Å². The second kappa shape index (κ2) is 6.60. The third-order valence-electron chi connectivity index (χ3n) is 2.80. The SMILES string of the molecule is COc1ccc(Cc2nsc(C(N)CCN)n2)cc1. The largest absolute Gasteiger partial charge is 0.497 e. The molecule has 0 fully saturated rings. The fourth-order valence-corrected chi connectivity index (χ4v) is 2.42. The number of benzene rings is 1. The summed E-state index contributed by atoms with van der Waals surface area (Å²) in [5, 5.41) is 0.856. The Morgan fingerprint density at radius 1 is 1.32 bits per heavy atom. The number of methoxy groups -OCH3 is 1. The maximum absolute atomic E-state index is 5.96. The van der Waals surface area contributed by atoms with Crippen molar-refractivity contribution in [1.29, 1.82) is 0 Å². The van der Waals surface area contributed by atoms with Gasteiger partial charge in [-0.1, -0.05) is 12.1 Å². The summed E-state index contributed by atoms with van der Waals surface area (Å²) < 4.78 is 9.46. The van der Waals surface area contributed by atoms with Crippen molar-refractivity contribution in [2.24, 2.45) is 11.5 Å². The van der Waals surface area contributed by atoms with Crippen LogP contribution in [-0.2, 0) is 6.42 Å². The third kappa shape index (κ3) is 3.73. The smallest absolute Gasteiger partial charge is 0.147 e. The van der Waals surface area contributed by atoms with Crippen molar-refractivity contribution < 1.29 is 4.74 Å². The van der Waals surface area contributed by atoms with Gasteiger partial charge in [-0.15, -0.1) is 0 Å². The summed E-state index contributed by atoms with van der Waals surface area (Å²) in [5.41, 5.74) is 12.6. The van der Waals surface area contributed by atoms with Crippen molar-refractivity contribution in [3.63, 3.8) is 0 Å². The van der Waals surface area contributed by atoms with Crippen LogP contribution in [0.2, 0.25) is 0 Å². The second-order valence-corrected chi connectivity index (χ2v) is 5.04. The topological polar surface area (TPSA) is 87.0 Å². The monoisotopic (exact) mass is 278 g/mol. The first-order valence-electron chi connectivity index (χ1n) is 6.14. The van der Waals surface area contributed by atoms with E-state index < -0.39 is 0 Å². The molecule has 1 aromatic heterocycles. The van der Waals surface area contributed by atoms with Crippen molar-refractivity contribution in [2.45, 2.75) is 18.9 Å². The second-order valence-electron chi connectivity index (χ2n) is 4.26. The highest BCUT2D eigenvalue weighted by atomic mass is 32.1. The highest BCUT2D eigenvalue weighted by Crippen LogP contribution is 2.18. The summed E-state index contributed by atoms with van der Waals surface area (Å²) in [7, 11) is 1.65. The van der Waals surface area contributed by atoms with E-state index in [1.54, 1.807) is 7.11 Å². The Morgan fingerprint density at radius 3 is 2.68 bits per heavy atom. The molecule has 0 aliphatic rings. The van der Waals surface area contributed by atoms with Crippen molar-refractivity contribution >= 4 is 11.5 Å². The molecule has 2 rings (SSSR count). The minimum atomic E-state index is -0.105. The van der Waals surface area contributed by atoms with Gasteiger partial charge < -0.3 is 16.2 Å². The Kier molecular flexibility index (Phi) is 4.84. The quantitative estimate of drug-likeness (QED) is 0.836. The van der Waals surface area contributed by atoms with Gasteiger partial charge >= 0.3 is 0 Å². The van der Waals surface area contributed by atoms with Crippen LogP contribution in [0.5, 0.6) is 5.75 Å². The Balaban J connectivity index is 2.02. The number of nitrogens with two attached hydrogens (primary N) is 2. The molecule has 102 valence electrons. The number of nitrogens with zero attached hydrogens (tertiary/aromatic N) is 2. The maximum Gasteiger partial charge on any atom is 0.147 e. The van der Waals surface area contributed by atoms with Gasteiger partial charge in [0.1, 0.15) is 16.6 Å². The van der Waals surface area contributed by atoms with Crippen LogP contribution in [0.4, 0.5) is 0 Å². The molecule has 1 heterocycles. The molecular weight excluding hydrogens is 260 g/mol. The third-order valence-corrected chi connectivity index (χ3v) is 3.68. The lowest BCUT2D eigenvalue weighted by molar-refractivity contribution is 0.414.